The lowest BCUT2D eigenvalue weighted by Crippen LogP contribution is -2.46. The first-order valence-electron chi connectivity index (χ1n) is 8.49. The zero-order valence-electron chi connectivity index (χ0n) is 15.0. The average Bonchev–Trinajstić information content (AvgIpc) is 2.70. The maximum Gasteiger partial charge on any atom is 0.408 e. The van der Waals surface area contributed by atoms with Gasteiger partial charge >= 0.3 is 12.1 Å². The summed E-state index contributed by atoms with van der Waals surface area (Å²) >= 11 is 0. The number of benzene rings is 2. The topological polar surface area (TPSA) is 93.7 Å². The summed E-state index contributed by atoms with van der Waals surface area (Å²) < 4.78 is 10.1. The summed E-state index contributed by atoms with van der Waals surface area (Å²) in [4.78, 5) is 35.3. The molecule has 2 rings (SSSR count). The van der Waals surface area contributed by atoms with E-state index in [2.05, 4.69) is 10.6 Å². The van der Waals surface area contributed by atoms with Crippen molar-refractivity contribution in [1.82, 2.24) is 10.6 Å². The first kappa shape index (κ1) is 20.0. The van der Waals surface area contributed by atoms with Crippen LogP contribution in [-0.2, 0) is 32.3 Å². The second-order valence-corrected chi connectivity index (χ2v) is 5.79. The Balaban J connectivity index is 1.64. The molecule has 1 atom stereocenters. The third-order valence-electron chi connectivity index (χ3n) is 3.59. The molecule has 0 saturated heterocycles. The van der Waals surface area contributed by atoms with Crippen LogP contribution in [0.15, 0.2) is 60.7 Å². The Hall–Kier alpha value is -3.35. The molecule has 7 heteroatoms. The summed E-state index contributed by atoms with van der Waals surface area (Å²) in [5.74, 6) is -1.07. The molecule has 1 unspecified atom stereocenters. The summed E-state index contributed by atoms with van der Waals surface area (Å²) in [7, 11) is 0. The molecule has 7 nitrogen and oxygen atoms in total. The number of hydrogen-bond acceptors (Lipinski definition) is 5. The number of carbonyl (C=O) groups excluding carboxylic acids is 3. The van der Waals surface area contributed by atoms with Crippen LogP contribution >= 0.6 is 0 Å². The third kappa shape index (κ3) is 7.60. The van der Waals surface area contributed by atoms with Crippen molar-refractivity contribution >= 4 is 18.0 Å². The number of nitrogens with one attached hydrogen (secondary N) is 2. The Labute approximate surface area is 157 Å². The van der Waals surface area contributed by atoms with Crippen molar-refractivity contribution < 1.29 is 23.9 Å². The van der Waals surface area contributed by atoms with E-state index in [1.807, 2.05) is 60.7 Å². The van der Waals surface area contributed by atoms with Crippen LogP contribution in [-0.4, -0.2) is 30.6 Å². The zero-order valence-corrected chi connectivity index (χ0v) is 15.0. The van der Waals surface area contributed by atoms with Gasteiger partial charge in [-0.25, -0.2) is 4.79 Å². The van der Waals surface area contributed by atoms with Crippen LogP contribution in [0.25, 0.3) is 0 Å². The van der Waals surface area contributed by atoms with Crippen molar-refractivity contribution in [3.63, 3.8) is 0 Å². The number of amides is 2. The fourth-order valence-electron chi connectivity index (χ4n) is 2.11. The van der Waals surface area contributed by atoms with Crippen molar-refractivity contribution in [2.24, 2.45) is 0 Å². The molecule has 0 spiro atoms. The second-order valence-electron chi connectivity index (χ2n) is 5.79. The highest BCUT2D eigenvalue weighted by Gasteiger charge is 2.17. The quantitative estimate of drug-likeness (QED) is 0.695. The van der Waals surface area contributed by atoms with Crippen molar-refractivity contribution in [2.45, 2.75) is 26.2 Å². The van der Waals surface area contributed by atoms with Gasteiger partial charge in [-0.3, -0.25) is 9.59 Å². The van der Waals surface area contributed by atoms with Crippen LogP contribution in [0.2, 0.25) is 0 Å². The molecule has 0 bridgehead atoms. The number of alkyl carbamates (subject to hydrolysis) is 1. The molecule has 0 aliphatic carbocycles. The molecule has 0 aliphatic rings. The first-order chi connectivity index (χ1) is 13.0. The molecule has 0 saturated carbocycles. The summed E-state index contributed by atoms with van der Waals surface area (Å²) in [6.07, 6.45) is -0.715. The van der Waals surface area contributed by atoms with Gasteiger partial charge in [0.15, 0.2) is 0 Å². The van der Waals surface area contributed by atoms with E-state index < -0.39 is 24.0 Å². The Morgan fingerprint density at radius 2 is 1.37 bits per heavy atom. The number of carbonyl (C=O) groups is 3. The van der Waals surface area contributed by atoms with E-state index in [9.17, 15) is 14.4 Å². The van der Waals surface area contributed by atoms with Crippen LogP contribution in [0.3, 0.4) is 0 Å². The van der Waals surface area contributed by atoms with Crippen molar-refractivity contribution in [1.29, 1.82) is 0 Å². The number of esters is 1. The Kier molecular flexibility index (Phi) is 7.84. The van der Waals surface area contributed by atoms with E-state index in [1.54, 1.807) is 0 Å². The highest BCUT2D eigenvalue weighted by molar-refractivity contribution is 5.87. The van der Waals surface area contributed by atoms with E-state index in [1.165, 1.54) is 6.92 Å². The van der Waals surface area contributed by atoms with Gasteiger partial charge in [0.25, 0.3) is 0 Å². The molecular weight excluding hydrogens is 348 g/mol. The standard InChI is InChI=1S/C20H22N2O5/c1-15(22-20(25)27-14-17-10-6-3-7-11-17)19(24)21-12-18(23)26-13-16-8-4-2-5-9-16/h2-11,15H,12-14H2,1H3,(H,21,24)(H,22,25). The van der Waals surface area contributed by atoms with Gasteiger partial charge in [0.05, 0.1) is 0 Å². The lowest BCUT2D eigenvalue weighted by atomic mass is 10.2. The molecule has 2 N–H and O–H groups in total. The molecule has 0 radical (unpaired) electrons. The van der Waals surface area contributed by atoms with Gasteiger partial charge in [0, 0.05) is 0 Å². The Bertz CT molecular complexity index is 749. The van der Waals surface area contributed by atoms with Gasteiger partial charge in [-0.1, -0.05) is 60.7 Å². The van der Waals surface area contributed by atoms with E-state index in [-0.39, 0.29) is 19.8 Å². The van der Waals surface area contributed by atoms with Gasteiger partial charge < -0.3 is 20.1 Å². The fourth-order valence-corrected chi connectivity index (χ4v) is 2.11. The smallest absolute Gasteiger partial charge is 0.408 e. The largest absolute Gasteiger partial charge is 0.460 e. The fraction of sp³-hybridized carbons (Fsp3) is 0.250. The molecule has 0 aromatic heterocycles. The molecule has 27 heavy (non-hydrogen) atoms. The van der Waals surface area contributed by atoms with Crippen LogP contribution in [0.4, 0.5) is 4.79 Å². The molecule has 2 aromatic rings. The second kappa shape index (κ2) is 10.6. The number of hydrogen-bond donors (Lipinski definition) is 2. The van der Waals surface area contributed by atoms with Crippen LogP contribution in [0.1, 0.15) is 18.1 Å². The van der Waals surface area contributed by atoms with E-state index in [0.29, 0.717) is 0 Å². The first-order valence-corrected chi connectivity index (χ1v) is 8.49. The maximum absolute atomic E-state index is 11.9. The van der Waals surface area contributed by atoms with Crippen LogP contribution in [0.5, 0.6) is 0 Å². The molecule has 2 amide bonds. The lowest BCUT2D eigenvalue weighted by molar-refractivity contribution is -0.145. The Morgan fingerprint density at radius 1 is 0.852 bits per heavy atom. The van der Waals surface area contributed by atoms with Crippen LogP contribution < -0.4 is 10.6 Å². The van der Waals surface area contributed by atoms with E-state index in [4.69, 9.17) is 9.47 Å². The monoisotopic (exact) mass is 370 g/mol. The maximum atomic E-state index is 11.9. The number of ether oxygens (including phenoxy) is 2. The van der Waals surface area contributed by atoms with Gasteiger partial charge in [-0.2, -0.15) is 0 Å². The van der Waals surface area contributed by atoms with Gasteiger partial charge in [-0.15, -0.1) is 0 Å². The average molecular weight is 370 g/mol. The summed E-state index contributed by atoms with van der Waals surface area (Å²) in [6.45, 7) is 1.45. The molecule has 2 aromatic carbocycles. The molecule has 0 aliphatic heterocycles. The molecule has 0 heterocycles. The minimum atomic E-state index is -0.852. The van der Waals surface area contributed by atoms with E-state index in [0.717, 1.165) is 11.1 Å². The SMILES string of the molecule is CC(NC(=O)OCc1ccccc1)C(=O)NCC(=O)OCc1ccccc1. The summed E-state index contributed by atoms with van der Waals surface area (Å²) in [5, 5.41) is 4.82. The summed E-state index contributed by atoms with van der Waals surface area (Å²) in [5.41, 5.74) is 1.69. The minimum Gasteiger partial charge on any atom is -0.460 e. The van der Waals surface area contributed by atoms with Crippen molar-refractivity contribution in [3.8, 4) is 0 Å². The highest BCUT2D eigenvalue weighted by atomic mass is 16.5. The predicted octanol–water partition coefficient (Wildman–Crippen LogP) is 2.16. The molecular formula is C20H22N2O5. The zero-order chi connectivity index (χ0) is 19.5. The van der Waals surface area contributed by atoms with Crippen molar-refractivity contribution in [3.05, 3.63) is 71.8 Å². The lowest BCUT2D eigenvalue weighted by Gasteiger charge is -2.14. The normalized spacial score (nSPS) is 11.1. The van der Waals surface area contributed by atoms with Gasteiger partial charge in [-0.05, 0) is 18.1 Å². The third-order valence-corrected chi connectivity index (χ3v) is 3.59. The predicted molar refractivity (Wildman–Crippen MR) is 98.5 cm³/mol. The van der Waals surface area contributed by atoms with E-state index >= 15 is 0 Å². The van der Waals surface area contributed by atoms with Crippen molar-refractivity contribution in [2.75, 3.05) is 6.54 Å². The minimum absolute atomic E-state index is 0.104. The highest BCUT2D eigenvalue weighted by Crippen LogP contribution is 2.01. The molecule has 0 fully saturated rings. The Morgan fingerprint density at radius 3 is 1.93 bits per heavy atom. The van der Waals surface area contributed by atoms with Gasteiger partial charge in [0.1, 0.15) is 25.8 Å². The number of rotatable bonds is 8. The van der Waals surface area contributed by atoms with Gasteiger partial charge in [0.2, 0.25) is 5.91 Å². The summed E-state index contributed by atoms with van der Waals surface area (Å²) in [6, 6.07) is 17.5. The van der Waals surface area contributed by atoms with Crippen LogP contribution in [0, 0.1) is 0 Å². The molecule has 142 valence electrons.